The van der Waals surface area contributed by atoms with Crippen molar-refractivity contribution in [3.8, 4) is 0 Å². The van der Waals surface area contributed by atoms with Crippen LogP contribution in [-0.4, -0.2) is 51.8 Å². The second-order valence-corrected chi connectivity index (χ2v) is 7.88. The number of carbonyl (C=O) groups is 1. The van der Waals surface area contributed by atoms with Crippen LogP contribution in [0, 0.1) is 0 Å². The summed E-state index contributed by atoms with van der Waals surface area (Å²) in [7, 11) is 0. The van der Waals surface area contributed by atoms with Crippen LogP contribution in [0.5, 0.6) is 0 Å². The number of likely N-dealkylation sites (tertiary alicyclic amines) is 1. The van der Waals surface area contributed by atoms with E-state index in [1.165, 1.54) is 5.56 Å². The first-order valence-electron chi connectivity index (χ1n) is 9.35. The zero-order valence-corrected chi connectivity index (χ0v) is 16.4. The Bertz CT molecular complexity index is 609. The summed E-state index contributed by atoms with van der Waals surface area (Å²) < 4.78 is 5.43. The summed E-state index contributed by atoms with van der Waals surface area (Å²) in [6, 6.07) is 10.1. The summed E-state index contributed by atoms with van der Waals surface area (Å²) >= 11 is 0. The molecule has 1 aliphatic heterocycles. The Morgan fingerprint density at radius 2 is 2.00 bits per heavy atom. The summed E-state index contributed by atoms with van der Waals surface area (Å²) in [4.78, 5) is 16.1. The van der Waals surface area contributed by atoms with Gasteiger partial charge in [-0.3, -0.25) is 0 Å². The lowest BCUT2D eigenvalue weighted by atomic mass is 9.98. The Labute approximate surface area is 157 Å². The van der Waals surface area contributed by atoms with Gasteiger partial charge in [0.15, 0.2) is 0 Å². The van der Waals surface area contributed by atoms with Gasteiger partial charge in [-0.05, 0) is 39.2 Å². The monoisotopic (exact) mass is 360 g/mol. The van der Waals surface area contributed by atoms with Gasteiger partial charge in [-0.2, -0.15) is 0 Å². The molecule has 1 fully saturated rings. The van der Waals surface area contributed by atoms with Crippen molar-refractivity contribution < 1.29 is 14.6 Å². The number of amides is 1. The molecule has 0 spiro atoms. The van der Waals surface area contributed by atoms with E-state index >= 15 is 0 Å². The highest BCUT2D eigenvalue weighted by atomic mass is 16.6. The van der Waals surface area contributed by atoms with E-state index in [4.69, 9.17) is 4.74 Å². The first-order chi connectivity index (χ1) is 12.2. The van der Waals surface area contributed by atoms with Crippen molar-refractivity contribution in [3.05, 3.63) is 48.2 Å². The van der Waals surface area contributed by atoms with Crippen molar-refractivity contribution in [2.75, 3.05) is 13.1 Å². The number of nitrogens with zero attached hydrogens (tertiary/aromatic N) is 2. The van der Waals surface area contributed by atoms with Crippen LogP contribution >= 0.6 is 0 Å². The van der Waals surface area contributed by atoms with Crippen molar-refractivity contribution in [2.24, 2.45) is 0 Å². The van der Waals surface area contributed by atoms with E-state index in [1.54, 1.807) is 4.90 Å². The smallest absolute Gasteiger partial charge is 0.410 e. The molecular weight excluding hydrogens is 328 g/mol. The molecular formula is C21H32N2O3. The molecule has 1 N–H and O–H groups in total. The average Bonchev–Trinajstić information content (AvgIpc) is 2.58. The summed E-state index contributed by atoms with van der Waals surface area (Å²) in [6.45, 7) is 13.4. The minimum absolute atomic E-state index is 0.0543. The molecule has 1 aromatic rings. The molecule has 2 unspecified atom stereocenters. The third kappa shape index (κ3) is 5.49. The summed E-state index contributed by atoms with van der Waals surface area (Å²) in [5, 5.41) is 10.7. The topological polar surface area (TPSA) is 53.0 Å². The van der Waals surface area contributed by atoms with Crippen LogP contribution in [0.2, 0.25) is 0 Å². The number of β-amino-alcohol motifs (C(OH)–C–C–N with tert-alkyl or cyclic N) is 1. The van der Waals surface area contributed by atoms with Gasteiger partial charge >= 0.3 is 6.09 Å². The number of piperidine rings is 1. The van der Waals surface area contributed by atoms with Gasteiger partial charge in [0, 0.05) is 18.8 Å². The number of allylic oxidation sites excluding steroid dienone is 1. The summed E-state index contributed by atoms with van der Waals surface area (Å²) in [6.07, 6.45) is 0.514. The predicted molar refractivity (Wildman–Crippen MR) is 104 cm³/mol. The van der Waals surface area contributed by atoms with E-state index in [-0.39, 0.29) is 18.7 Å². The molecule has 1 amide bonds. The Balaban J connectivity index is 2.06. The minimum atomic E-state index is -0.636. The second-order valence-electron chi connectivity index (χ2n) is 7.88. The average molecular weight is 360 g/mol. The van der Waals surface area contributed by atoms with E-state index < -0.39 is 11.7 Å². The molecule has 5 nitrogen and oxygen atoms in total. The Morgan fingerprint density at radius 3 is 2.54 bits per heavy atom. The van der Waals surface area contributed by atoms with Gasteiger partial charge in [-0.25, -0.2) is 4.79 Å². The lowest BCUT2D eigenvalue weighted by Gasteiger charge is -2.43. The summed E-state index contributed by atoms with van der Waals surface area (Å²) in [5.41, 5.74) is 1.65. The molecule has 2 atom stereocenters. The van der Waals surface area contributed by atoms with E-state index in [0.717, 1.165) is 12.1 Å². The van der Waals surface area contributed by atoms with Crippen LogP contribution in [0.25, 0.3) is 0 Å². The van der Waals surface area contributed by atoms with Crippen molar-refractivity contribution in [1.29, 1.82) is 0 Å². The van der Waals surface area contributed by atoms with Gasteiger partial charge in [-0.1, -0.05) is 43.8 Å². The quantitative estimate of drug-likeness (QED) is 0.868. The SMILES string of the molecule is C=C(CC)N(Cc1ccccc1)C1CCN(C(=O)OC(C)(C)C)CC1O. The van der Waals surface area contributed by atoms with E-state index in [0.29, 0.717) is 19.5 Å². The molecule has 0 radical (unpaired) electrons. The first-order valence-corrected chi connectivity index (χ1v) is 9.35. The van der Waals surface area contributed by atoms with Crippen molar-refractivity contribution in [3.63, 3.8) is 0 Å². The van der Waals surface area contributed by atoms with Crippen molar-refractivity contribution in [1.82, 2.24) is 9.80 Å². The molecule has 1 saturated heterocycles. The molecule has 0 aliphatic carbocycles. The van der Waals surface area contributed by atoms with Crippen LogP contribution in [-0.2, 0) is 11.3 Å². The molecule has 0 aromatic heterocycles. The molecule has 1 aromatic carbocycles. The Morgan fingerprint density at radius 1 is 1.35 bits per heavy atom. The van der Waals surface area contributed by atoms with Gasteiger partial charge in [0.2, 0.25) is 0 Å². The highest BCUT2D eigenvalue weighted by molar-refractivity contribution is 5.68. The number of hydrogen-bond acceptors (Lipinski definition) is 4. The molecule has 5 heteroatoms. The lowest BCUT2D eigenvalue weighted by Crippen LogP contribution is -2.55. The predicted octanol–water partition coefficient (Wildman–Crippen LogP) is 3.78. The van der Waals surface area contributed by atoms with Crippen LogP contribution in [0.4, 0.5) is 4.79 Å². The number of carbonyl (C=O) groups excluding carboxylic acids is 1. The van der Waals surface area contributed by atoms with E-state index in [2.05, 4.69) is 30.5 Å². The van der Waals surface area contributed by atoms with Crippen molar-refractivity contribution in [2.45, 2.75) is 64.8 Å². The number of ether oxygens (including phenoxy) is 1. The molecule has 1 aliphatic rings. The van der Waals surface area contributed by atoms with Gasteiger partial charge in [-0.15, -0.1) is 0 Å². The zero-order chi connectivity index (χ0) is 19.3. The number of aliphatic hydroxyl groups is 1. The van der Waals surface area contributed by atoms with Gasteiger partial charge in [0.1, 0.15) is 5.60 Å². The number of benzene rings is 1. The Hall–Kier alpha value is -2.01. The maximum Gasteiger partial charge on any atom is 0.410 e. The van der Waals surface area contributed by atoms with Crippen LogP contribution in [0.15, 0.2) is 42.6 Å². The fourth-order valence-corrected chi connectivity index (χ4v) is 3.22. The van der Waals surface area contributed by atoms with E-state index in [1.807, 2.05) is 39.0 Å². The molecule has 0 bridgehead atoms. The molecule has 0 saturated carbocycles. The summed E-state index contributed by atoms with van der Waals surface area (Å²) in [5.74, 6) is 0. The van der Waals surface area contributed by atoms with E-state index in [9.17, 15) is 9.90 Å². The maximum atomic E-state index is 12.3. The maximum absolute atomic E-state index is 12.3. The van der Waals surface area contributed by atoms with Crippen LogP contribution < -0.4 is 0 Å². The first kappa shape index (κ1) is 20.3. The van der Waals surface area contributed by atoms with Crippen LogP contribution in [0.3, 0.4) is 0 Å². The second kappa shape index (κ2) is 8.58. The number of hydrogen-bond donors (Lipinski definition) is 1. The zero-order valence-electron chi connectivity index (χ0n) is 16.4. The third-order valence-electron chi connectivity index (χ3n) is 4.61. The highest BCUT2D eigenvalue weighted by Crippen LogP contribution is 2.25. The fraction of sp³-hybridized carbons (Fsp3) is 0.571. The Kier molecular flexibility index (Phi) is 6.70. The highest BCUT2D eigenvalue weighted by Gasteiger charge is 2.35. The van der Waals surface area contributed by atoms with Gasteiger partial charge < -0.3 is 19.6 Å². The number of aliphatic hydroxyl groups excluding tert-OH is 1. The van der Waals surface area contributed by atoms with Crippen molar-refractivity contribution >= 4 is 6.09 Å². The van der Waals surface area contributed by atoms with Crippen LogP contribution in [0.1, 0.15) is 46.1 Å². The molecule has 144 valence electrons. The van der Waals surface area contributed by atoms with Gasteiger partial charge in [0.25, 0.3) is 0 Å². The van der Waals surface area contributed by atoms with Gasteiger partial charge in [0.05, 0.1) is 18.7 Å². The molecule has 1 heterocycles. The largest absolute Gasteiger partial charge is 0.444 e. The minimum Gasteiger partial charge on any atom is -0.444 e. The lowest BCUT2D eigenvalue weighted by molar-refractivity contribution is -0.0243. The standard InChI is InChI=1S/C21H32N2O3/c1-6-16(2)23(14-17-10-8-7-9-11-17)18-12-13-22(15-19(18)24)20(25)26-21(3,4)5/h7-11,18-19,24H,2,6,12-15H2,1,3-5H3. The number of rotatable bonds is 5. The molecule has 26 heavy (non-hydrogen) atoms. The fourth-order valence-electron chi connectivity index (χ4n) is 3.22. The molecule has 2 rings (SSSR count). The normalized spacial score (nSPS) is 20.6. The third-order valence-corrected chi connectivity index (χ3v) is 4.61.